The summed E-state index contributed by atoms with van der Waals surface area (Å²) in [7, 11) is 4.50. The van der Waals surface area contributed by atoms with Crippen LogP contribution in [-0.2, 0) is 6.54 Å². The first-order chi connectivity index (χ1) is 11.6. The molecular formula is C18H18N2O4. The summed E-state index contributed by atoms with van der Waals surface area (Å²) >= 11 is 0. The molecule has 2 rings (SSSR count). The van der Waals surface area contributed by atoms with Crippen LogP contribution >= 0.6 is 0 Å². The molecule has 0 aliphatic rings. The molecule has 0 saturated heterocycles. The molecule has 0 atom stereocenters. The van der Waals surface area contributed by atoms with Gasteiger partial charge in [0.05, 0.1) is 33.0 Å². The van der Waals surface area contributed by atoms with Crippen LogP contribution in [0.2, 0.25) is 0 Å². The highest BCUT2D eigenvalue weighted by molar-refractivity contribution is 5.95. The standard InChI is InChI=1S/C18H18N2O4/c1-22-15-8-14(9-16(23-2)17(15)24-3)18(21)20-11-13-6-4-12(10-19)5-7-13/h4-9H,11H2,1-3H3,(H,20,21). The monoisotopic (exact) mass is 326 g/mol. The molecular weight excluding hydrogens is 308 g/mol. The van der Waals surface area contributed by atoms with Crippen molar-refractivity contribution in [2.24, 2.45) is 0 Å². The van der Waals surface area contributed by atoms with E-state index < -0.39 is 0 Å². The molecule has 0 aliphatic heterocycles. The van der Waals surface area contributed by atoms with E-state index in [4.69, 9.17) is 19.5 Å². The lowest BCUT2D eigenvalue weighted by Gasteiger charge is -2.14. The van der Waals surface area contributed by atoms with Gasteiger partial charge in [-0.1, -0.05) is 12.1 Å². The topological polar surface area (TPSA) is 80.6 Å². The van der Waals surface area contributed by atoms with E-state index in [1.165, 1.54) is 21.3 Å². The lowest BCUT2D eigenvalue weighted by molar-refractivity contribution is 0.0950. The lowest BCUT2D eigenvalue weighted by atomic mass is 10.1. The van der Waals surface area contributed by atoms with E-state index in [-0.39, 0.29) is 5.91 Å². The minimum atomic E-state index is -0.265. The zero-order valence-electron chi connectivity index (χ0n) is 13.8. The first-order valence-corrected chi connectivity index (χ1v) is 7.20. The molecule has 6 nitrogen and oxygen atoms in total. The Morgan fingerprint density at radius 3 is 2.08 bits per heavy atom. The van der Waals surface area contributed by atoms with Crippen LogP contribution in [0.25, 0.3) is 0 Å². The highest BCUT2D eigenvalue weighted by Gasteiger charge is 2.16. The van der Waals surface area contributed by atoms with Crippen molar-refractivity contribution < 1.29 is 19.0 Å². The molecule has 2 aromatic rings. The fourth-order valence-electron chi connectivity index (χ4n) is 2.19. The molecule has 0 saturated carbocycles. The maximum Gasteiger partial charge on any atom is 0.251 e. The van der Waals surface area contributed by atoms with Crippen LogP contribution in [0.4, 0.5) is 0 Å². The Hall–Kier alpha value is -3.20. The quantitative estimate of drug-likeness (QED) is 0.882. The van der Waals surface area contributed by atoms with E-state index in [1.54, 1.807) is 36.4 Å². The van der Waals surface area contributed by atoms with E-state index in [2.05, 4.69) is 11.4 Å². The van der Waals surface area contributed by atoms with Gasteiger partial charge in [-0.2, -0.15) is 5.26 Å². The predicted octanol–water partition coefficient (Wildman–Crippen LogP) is 2.51. The van der Waals surface area contributed by atoms with Gasteiger partial charge in [-0.15, -0.1) is 0 Å². The third kappa shape index (κ3) is 3.76. The van der Waals surface area contributed by atoms with Crippen LogP contribution in [0, 0.1) is 11.3 Å². The van der Waals surface area contributed by atoms with Crippen LogP contribution < -0.4 is 19.5 Å². The van der Waals surface area contributed by atoms with Gasteiger partial charge in [0, 0.05) is 12.1 Å². The number of carbonyl (C=O) groups excluding carboxylic acids is 1. The van der Waals surface area contributed by atoms with Crippen molar-refractivity contribution in [1.29, 1.82) is 5.26 Å². The molecule has 0 unspecified atom stereocenters. The Morgan fingerprint density at radius 2 is 1.62 bits per heavy atom. The second-order valence-electron chi connectivity index (χ2n) is 4.91. The van der Waals surface area contributed by atoms with Gasteiger partial charge in [0.2, 0.25) is 5.75 Å². The highest BCUT2D eigenvalue weighted by Crippen LogP contribution is 2.38. The lowest BCUT2D eigenvalue weighted by Crippen LogP contribution is -2.23. The molecule has 0 spiro atoms. The summed E-state index contributed by atoms with van der Waals surface area (Å²) in [6.07, 6.45) is 0. The normalized spacial score (nSPS) is 9.75. The summed E-state index contributed by atoms with van der Waals surface area (Å²) in [4.78, 5) is 12.4. The summed E-state index contributed by atoms with van der Waals surface area (Å²) < 4.78 is 15.7. The number of ether oxygens (including phenoxy) is 3. The van der Waals surface area contributed by atoms with E-state index >= 15 is 0 Å². The van der Waals surface area contributed by atoms with Crippen LogP contribution in [0.15, 0.2) is 36.4 Å². The molecule has 2 aromatic carbocycles. The van der Waals surface area contributed by atoms with Gasteiger partial charge in [0.15, 0.2) is 11.5 Å². The van der Waals surface area contributed by atoms with Gasteiger partial charge in [-0.25, -0.2) is 0 Å². The van der Waals surface area contributed by atoms with E-state index in [0.717, 1.165) is 5.56 Å². The third-order valence-corrected chi connectivity index (χ3v) is 3.46. The zero-order chi connectivity index (χ0) is 17.5. The van der Waals surface area contributed by atoms with Crippen LogP contribution in [0.5, 0.6) is 17.2 Å². The van der Waals surface area contributed by atoms with Gasteiger partial charge < -0.3 is 19.5 Å². The number of rotatable bonds is 6. The molecule has 6 heteroatoms. The average Bonchev–Trinajstić information content (AvgIpc) is 2.65. The molecule has 0 heterocycles. The van der Waals surface area contributed by atoms with E-state index in [1.807, 2.05) is 0 Å². The van der Waals surface area contributed by atoms with Crippen molar-refractivity contribution >= 4 is 5.91 Å². The predicted molar refractivity (Wildman–Crippen MR) is 88.4 cm³/mol. The van der Waals surface area contributed by atoms with Gasteiger partial charge >= 0.3 is 0 Å². The van der Waals surface area contributed by atoms with Crippen molar-refractivity contribution in [2.45, 2.75) is 6.54 Å². The maximum absolute atomic E-state index is 12.4. The molecule has 0 aliphatic carbocycles. The number of nitrogens with one attached hydrogen (secondary N) is 1. The minimum absolute atomic E-state index is 0.265. The Morgan fingerprint density at radius 1 is 1.04 bits per heavy atom. The first kappa shape index (κ1) is 17.2. The van der Waals surface area contributed by atoms with Gasteiger partial charge in [-0.3, -0.25) is 4.79 Å². The van der Waals surface area contributed by atoms with Gasteiger partial charge in [0.1, 0.15) is 0 Å². The summed E-state index contributed by atoms with van der Waals surface area (Å²) in [5, 5.41) is 11.6. The van der Waals surface area contributed by atoms with E-state index in [0.29, 0.717) is 34.9 Å². The average molecular weight is 326 g/mol. The number of nitrogens with zero attached hydrogens (tertiary/aromatic N) is 1. The fraction of sp³-hybridized carbons (Fsp3) is 0.222. The van der Waals surface area contributed by atoms with E-state index in [9.17, 15) is 4.79 Å². The number of amides is 1. The SMILES string of the molecule is COc1cc(C(=O)NCc2ccc(C#N)cc2)cc(OC)c1OC. The summed E-state index contributed by atoms with van der Waals surface area (Å²) in [6, 6.07) is 12.3. The molecule has 0 radical (unpaired) electrons. The maximum atomic E-state index is 12.4. The summed E-state index contributed by atoms with van der Waals surface area (Å²) in [5.41, 5.74) is 1.88. The minimum Gasteiger partial charge on any atom is -0.493 e. The van der Waals surface area contributed by atoms with Crippen LogP contribution in [-0.4, -0.2) is 27.2 Å². The Balaban J connectivity index is 2.15. The highest BCUT2D eigenvalue weighted by atomic mass is 16.5. The Bertz CT molecular complexity index is 739. The summed E-state index contributed by atoms with van der Waals surface area (Å²) in [6.45, 7) is 0.348. The molecule has 1 N–H and O–H groups in total. The molecule has 1 amide bonds. The number of hydrogen-bond acceptors (Lipinski definition) is 5. The van der Waals surface area contributed by atoms with Crippen molar-refractivity contribution in [3.63, 3.8) is 0 Å². The molecule has 0 aromatic heterocycles. The number of carbonyl (C=O) groups is 1. The second-order valence-corrected chi connectivity index (χ2v) is 4.91. The second kappa shape index (κ2) is 7.88. The zero-order valence-corrected chi connectivity index (χ0v) is 13.8. The van der Waals surface area contributed by atoms with Crippen molar-refractivity contribution in [2.75, 3.05) is 21.3 Å². The molecule has 0 fully saturated rings. The fourth-order valence-corrected chi connectivity index (χ4v) is 2.19. The number of nitriles is 1. The molecule has 124 valence electrons. The van der Waals surface area contributed by atoms with Gasteiger partial charge in [-0.05, 0) is 29.8 Å². The van der Waals surface area contributed by atoms with Crippen molar-refractivity contribution in [3.8, 4) is 23.3 Å². The van der Waals surface area contributed by atoms with Crippen LogP contribution in [0.1, 0.15) is 21.5 Å². The third-order valence-electron chi connectivity index (χ3n) is 3.46. The number of methoxy groups -OCH3 is 3. The van der Waals surface area contributed by atoms with Gasteiger partial charge in [0.25, 0.3) is 5.91 Å². The number of benzene rings is 2. The van der Waals surface area contributed by atoms with Crippen molar-refractivity contribution in [1.82, 2.24) is 5.32 Å². The first-order valence-electron chi connectivity index (χ1n) is 7.20. The van der Waals surface area contributed by atoms with Crippen LogP contribution in [0.3, 0.4) is 0 Å². The van der Waals surface area contributed by atoms with Crippen molar-refractivity contribution in [3.05, 3.63) is 53.1 Å². The summed E-state index contributed by atoms with van der Waals surface area (Å²) in [5.74, 6) is 1.00. The number of hydrogen-bond donors (Lipinski definition) is 1. The molecule has 0 bridgehead atoms. The smallest absolute Gasteiger partial charge is 0.251 e. The largest absolute Gasteiger partial charge is 0.493 e. The Labute approximate surface area is 140 Å². The Kier molecular flexibility index (Phi) is 5.63. The molecule has 24 heavy (non-hydrogen) atoms.